The van der Waals surface area contributed by atoms with Crippen LogP contribution in [0.3, 0.4) is 0 Å². The summed E-state index contributed by atoms with van der Waals surface area (Å²) in [5.41, 5.74) is 2.28. The predicted octanol–water partition coefficient (Wildman–Crippen LogP) is 2.52. The largest absolute Gasteiger partial charge is 0.481 e. The third-order valence-electron chi connectivity index (χ3n) is 2.48. The quantitative estimate of drug-likeness (QED) is 0.811. The van der Waals surface area contributed by atoms with Crippen LogP contribution in [0, 0.1) is 0 Å². The Hall–Kier alpha value is -0.960. The van der Waals surface area contributed by atoms with E-state index < -0.39 is 5.97 Å². The Morgan fingerprint density at radius 3 is 3.14 bits per heavy atom. The molecule has 1 aromatic rings. The summed E-state index contributed by atoms with van der Waals surface area (Å²) in [4.78, 5) is 11.8. The molecule has 1 aliphatic rings. The van der Waals surface area contributed by atoms with E-state index in [1.807, 2.05) is 12.1 Å². The molecule has 3 heteroatoms. The van der Waals surface area contributed by atoms with E-state index in [4.69, 9.17) is 5.11 Å². The van der Waals surface area contributed by atoms with Gasteiger partial charge in [-0.05, 0) is 17.0 Å². The number of carboxylic acids is 1. The van der Waals surface area contributed by atoms with E-state index >= 15 is 0 Å². The van der Waals surface area contributed by atoms with Gasteiger partial charge in [0.25, 0.3) is 0 Å². The average Bonchev–Trinajstić information content (AvgIpc) is 2.49. The molecule has 0 aromatic heterocycles. The molecule has 1 aromatic carbocycles. The zero-order valence-corrected chi connectivity index (χ0v) is 8.80. The molecule has 0 aliphatic carbocycles. The standard InChI is InChI=1S/C11H12O2S/c1-7-6-14-11-8(5-10(12)13)3-2-4-9(7)11/h2-4,7H,5-6H2,1H3,(H,12,13). The Bertz CT molecular complexity index is 374. The van der Waals surface area contributed by atoms with Gasteiger partial charge >= 0.3 is 5.97 Å². The Morgan fingerprint density at radius 2 is 2.43 bits per heavy atom. The van der Waals surface area contributed by atoms with E-state index in [2.05, 4.69) is 13.0 Å². The second-order valence-corrected chi connectivity index (χ2v) is 4.65. The molecular formula is C11H12O2S. The monoisotopic (exact) mass is 208 g/mol. The van der Waals surface area contributed by atoms with Crippen molar-refractivity contribution >= 4 is 17.7 Å². The molecule has 1 heterocycles. The van der Waals surface area contributed by atoms with Crippen LogP contribution in [0.15, 0.2) is 23.1 Å². The maximum absolute atomic E-state index is 10.6. The Balaban J connectivity index is 2.39. The molecule has 14 heavy (non-hydrogen) atoms. The molecule has 0 spiro atoms. The van der Waals surface area contributed by atoms with Crippen molar-refractivity contribution in [3.8, 4) is 0 Å². The van der Waals surface area contributed by atoms with Crippen LogP contribution in [0.25, 0.3) is 0 Å². The van der Waals surface area contributed by atoms with Crippen LogP contribution in [-0.2, 0) is 11.2 Å². The molecule has 0 amide bonds. The van der Waals surface area contributed by atoms with Gasteiger partial charge in [-0.3, -0.25) is 4.79 Å². The lowest BCUT2D eigenvalue weighted by Crippen LogP contribution is -2.01. The zero-order chi connectivity index (χ0) is 10.1. The van der Waals surface area contributed by atoms with Gasteiger partial charge in [0.2, 0.25) is 0 Å². The highest BCUT2D eigenvalue weighted by molar-refractivity contribution is 7.99. The number of carbonyl (C=O) groups is 1. The van der Waals surface area contributed by atoms with E-state index in [0.29, 0.717) is 5.92 Å². The number of fused-ring (bicyclic) bond motifs is 1. The minimum absolute atomic E-state index is 0.142. The van der Waals surface area contributed by atoms with Crippen LogP contribution in [0.4, 0.5) is 0 Å². The lowest BCUT2D eigenvalue weighted by Gasteiger charge is -2.06. The summed E-state index contributed by atoms with van der Waals surface area (Å²) in [6.45, 7) is 2.18. The van der Waals surface area contributed by atoms with E-state index in [-0.39, 0.29) is 6.42 Å². The van der Waals surface area contributed by atoms with Crippen molar-refractivity contribution in [2.45, 2.75) is 24.2 Å². The molecule has 0 radical (unpaired) electrons. The molecule has 0 fully saturated rings. The van der Waals surface area contributed by atoms with Crippen LogP contribution in [-0.4, -0.2) is 16.8 Å². The number of thioether (sulfide) groups is 1. The molecule has 1 unspecified atom stereocenters. The fourth-order valence-electron chi connectivity index (χ4n) is 1.77. The van der Waals surface area contributed by atoms with Gasteiger partial charge < -0.3 is 5.11 Å². The lowest BCUT2D eigenvalue weighted by atomic mass is 10.00. The van der Waals surface area contributed by atoms with Crippen molar-refractivity contribution in [3.05, 3.63) is 29.3 Å². The van der Waals surface area contributed by atoms with Crippen LogP contribution in [0.2, 0.25) is 0 Å². The van der Waals surface area contributed by atoms with Crippen LogP contribution >= 0.6 is 11.8 Å². The average molecular weight is 208 g/mol. The summed E-state index contributed by atoms with van der Waals surface area (Å²) in [5.74, 6) is 0.883. The molecule has 2 nitrogen and oxygen atoms in total. The van der Waals surface area contributed by atoms with Crippen molar-refractivity contribution < 1.29 is 9.90 Å². The van der Waals surface area contributed by atoms with Crippen molar-refractivity contribution in [2.24, 2.45) is 0 Å². The normalized spacial score (nSPS) is 19.4. The number of hydrogen-bond acceptors (Lipinski definition) is 2. The highest BCUT2D eigenvalue weighted by Crippen LogP contribution is 2.41. The van der Waals surface area contributed by atoms with Gasteiger partial charge in [-0.1, -0.05) is 25.1 Å². The third kappa shape index (κ3) is 1.64. The Kier molecular flexibility index (Phi) is 2.50. The van der Waals surface area contributed by atoms with Crippen LogP contribution < -0.4 is 0 Å². The first-order valence-electron chi connectivity index (χ1n) is 4.65. The molecule has 2 rings (SSSR count). The molecule has 1 aliphatic heterocycles. The summed E-state index contributed by atoms with van der Waals surface area (Å²) in [6.07, 6.45) is 0.142. The molecule has 0 saturated heterocycles. The summed E-state index contributed by atoms with van der Waals surface area (Å²) in [7, 11) is 0. The second kappa shape index (κ2) is 3.65. The highest BCUT2D eigenvalue weighted by atomic mass is 32.2. The first-order chi connectivity index (χ1) is 6.68. The van der Waals surface area contributed by atoms with E-state index in [1.54, 1.807) is 11.8 Å². The Morgan fingerprint density at radius 1 is 1.64 bits per heavy atom. The maximum atomic E-state index is 10.6. The summed E-state index contributed by atoms with van der Waals surface area (Å²) < 4.78 is 0. The van der Waals surface area contributed by atoms with Gasteiger partial charge in [0, 0.05) is 10.6 Å². The minimum atomic E-state index is -0.751. The molecule has 1 atom stereocenters. The summed E-state index contributed by atoms with van der Waals surface area (Å²) in [5, 5.41) is 8.75. The van der Waals surface area contributed by atoms with Crippen LogP contribution in [0.5, 0.6) is 0 Å². The van der Waals surface area contributed by atoms with Crippen molar-refractivity contribution in [1.29, 1.82) is 0 Å². The number of carboxylic acid groups (broad SMARTS) is 1. The first-order valence-corrected chi connectivity index (χ1v) is 5.63. The van der Waals surface area contributed by atoms with Crippen molar-refractivity contribution in [1.82, 2.24) is 0 Å². The molecule has 1 N–H and O–H groups in total. The predicted molar refractivity (Wildman–Crippen MR) is 56.9 cm³/mol. The van der Waals surface area contributed by atoms with E-state index in [9.17, 15) is 4.79 Å². The minimum Gasteiger partial charge on any atom is -0.481 e. The second-order valence-electron chi connectivity index (χ2n) is 3.62. The van der Waals surface area contributed by atoms with Gasteiger partial charge in [0.05, 0.1) is 6.42 Å². The summed E-state index contributed by atoms with van der Waals surface area (Å²) in [6, 6.07) is 5.98. The fraction of sp³-hybridized carbons (Fsp3) is 0.364. The number of hydrogen-bond donors (Lipinski definition) is 1. The van der Waals surface area contributed by atoms with E-state index in [1.165, 1.54) is 10.5 Å². The van der Waals surface area contributed by atoms with Gasteiger partial charge in [-0.2, -0.15) is 0 Å². The topological polar surface area (TPSA) is 37.3 Å². The molecule has 0 saturated carbocycles. The molecule has 74 valence electrons. The Labute approximate surface area is 87.3 Å². The highest BCUT2D eigenvalue weighted by Gasteiger charge is 2.22. The SMILES string of the molecule is CC1CSc2c(CC(=O)O)cccc21. The first kappa shape index (κ1) is 9.59. The summed E-state index contributed by atoms with van der Waals surface area (Å²) >= 11 is 1.78. The number of benzene rings is 1. The van der Waals surface area contributed by atoms with E-state index in [0.717, 1.165) is 11.3 Å². The van der Waals surface area contributed by atoms with Crippen molar-refractivity contribution in [3.63, 3.8) is 0 Å². The van der Waals surface area contributed by atoms with Crippen LogP contribution in [0.1, 0.15) is 24.0 Å². The van der Waals surface area contributed by atoms with Gasteiger partial charge in [-0.25, -0.2) is 0 Å². The van der Waals surface area contributed by atoms with Gasteiger partial charge in [0.15, 0.2) is 0 Å². The maximum Gasteiger partial charge on any atom is 0.307 e. The molecular weight excluding hydrogens is 196 g/mol. The number of aliphatic carboxylic acids is 1. The molecule has 0 bridgehead atoms. The smallest absolute Gasteiger partial charge is 0.307 e. The van der Waals surface area contributed by atoms with Gasteiger partial charge in [-0.15, -0.1) is 11.8 Å². The lowest BCUT2D eigenvalue weighted by molar-refractivity contribution is -0.136. The number of rotatable bonds is 2. The fourth-order valence-corrected chi connectivity index (χ4v) is 3.13. The van der Waals surface area contributed by atoms with Crippen molar-refractivity contribution in [2.75, 3.05) is 5.75 Å². The van der Waals surface area contributed by atoms with Gasteiger partial charge in [0.1, 0.15) is 0 Å². The third-order valence-corrected chi connectivity index (χ3v) is 3.93. The zero-order valence-electron chi connectivity index (χ0n) is 7.99.